The van der Waals surface area contributed by atoms with Gasteiger partial charge in [0, 0.05) is 12.8 Å². The predicted octanol–water partition coefficient (Wildman–Crippen LogP) is 0.608. The Morgan fingerprint density at radius 3 is 2.70 bits per heavy atom. The van der Waals surface area contributed by atoms with Crippen LogP contribution in [0.5, 0.6) is 0 Å². The van der Waals surface area contributed by atoms with Crippen LogP contribution in [-0.4, -0.2) is 42.4 Å². The number of likely N-dealkylation sites (N-methyl/N-ethyl adjacent to an activating group) is 1. The van der Waals surface area contributed by atoms with Gasteiger partial charge in [-0.05, 0) is 6.92 Å². The van der Waals surface area contributed by atoms with Crippen LogP contribution < -0.4 is 0 Å². The maximum Gasteiger partial charge on any atom is 0.112 e. The second-order valence-corrected chi connectivity index (χ2v) is 3.50. The first-order valence-electron chi connectivity index (χ1n) is 4.18. The van der Waals surface area contributed by atoms with E-state index >= 15 is 0 Å². The average Bonchev–Trinajstić information content (AvgIpc) is 2.32. The predicted molar refractivity (Wildman–Crippen MR) is 41.7 cm³/mol. The second kappa shape index (κ2) is 2.89. The van der Waals surface area contributed by atoms with Gasteiger partial charge in [-0.2, -0.15) is 0 Å². The van der Waals surface area contributed by atoms with Gasteiger partial charge in [-0.1, -0.05) is 0 Å². The molecule has 1 N–H and O–H groups in total. The summed E-state index contributed by atoms with van der Waals surface area (Å²) < 4.78 is 1.08. The van der Waals surface area contributed by atoms with Crippen LogP contribution in [0.2, 0.25) is 0 Å². The minimum atomic E-state index is 0.365. The molecule has 0 saturated carbocycles. The highest BCUT2D eigenvalue weighted by atomic mass is 16.3. The first-order chi connectivity index (χ1) is 4.73. The third-order valence-corrected chi connectivity index (χ3v) is 3.02. The molecule has 2 heteroatoms. The van der Waals surface area contributed by atoms with E-state index in [4.69, 9.17) is 5.11 Å². The zero-order valence-corrected chi connectivity index (χ0v) is 7.01. The molecular formula is C8H18NO+. The van der Waals surface area contributed by atoms with Crippen molar-refractivity contribution in [2.45, 2.75) is 25.8 Å². The van der Waals surface area contributed by atoms with Gasteiger partial charge in [0.1, 0.15) is 6.04 Å². The van der Waals surface area contributed by atoms with Gasteiger partial charge in [-0.15, -0.1) is 0 Å². The third kappa shape index (κ3) is 1.18. The van der Waals surface area contributed by atoms with Gasteiger partial charge >= 0.3 is 0 Å². The second-order valence-electron chi connectivity index (χ2n) is 3.50. The van der Waals surface area contributed by atoms with Gasteiger partial charge in [0.15, 0.2) is 0 Å². The summed E-state index contributed by atoms with van der Waals surface area (Å²) in [6.07, 6.45) is 2.50. The van der Waals surface area contributed by atoms with Crippen LogP contribution in [0.1, 0.15) is 19.8 Å². The molecule has 1 rings (SSSR count). The topological polar surface area (TPSA) is 20.2 Å². The van der Waals surface area contributed by atoms with Crippen LogP contribution in [0.25, 0.3) is 0 Å². The Labute approximate surface area is 63.1 Å². The Balaban J connectivity index is 2.56. The lowest BCUT2D eigenvalue weighted by Gasteiger charge is -2.33. The number of hydrogen-bond acceptors (Lipinski definition) is 1. The standard InChI is InChI=1S/C8H18NO/c1-3-9(2)6-4-5-8(9)7-10/h8,10H,3-7H2,1-2H3/q+1/t8-,9?/m1/s1. The Bertz CT molecular complexity index is 116. The normalized spacial score (nSPS) is 40.5. The summed E-state index contributed by atoms with van der Waals surface area (Å²) >= 11 is 0. The minimum Gasteiger partial charge on any atom is -0.390 e. The highest BCUT2D eigenvalue weighted by molar-refractivity contribution is 4.64. The van der Waals surface area contributed by atoms with Gasteiger partial charge < -0.3 is 9.59 Å². The van der Waals surface area contributed by atoms with Crippen LogP contribution in [0.3, 0.4) is 0 Å². The zero-order valence-electron chi connectivity index (χ0n) is 7.01. The molecule has 2 atom stereocenters. The number of nitrogens with zero attached hydrogens (tertiary/aromatic N) is 1. The first kappa shape index (κ1) is 8.02. The summed E-state index contributed by atoms with van der Waals surface area (Å²) in [5.74, 6) is 0. The Morgan fingerprint density at radius 2 is 2.30 bits per heavy atom. The Morgan fingerprint density at radius 1 is 1.60 bits per heavy atom. The molecule has 60 valence electrons. The van der Waals surface area contributed by atoms with Crippen LogP contribution in [0.15, 0.2) is 0 Å². The number of aliphatic hydroxyl groups is 1. The van der Waals surface area contributed by atoms with Crippen molar-refractivity contribution in [2.75, 3.05) is 26.7 Å². The number of rotatable bonds is 2. The smallest absolute Gasteiger partial charge is 0.112 e. The molecule has 1 fully saturated rings. The van der Waals surface area contributed by atoms with E-state index in [9.17, 15) is 0 Å². The van der Waals surface area contributed by atoms with E-state index in [0.717, 1.165) is 11.0 Å². The van der Waals surface area contributed by atoms with Gasteiger partial charge in [-0.25, -0.2) is 0 Å². The summed E-state index contributed by atoms with van der Waals surface area (Å²) in [6.45, 7) is 4.98. The number of likely N-dealkylation sites (tertiary alicyclic amines) is 1. The number of quaternary nitrogens is 1. The molecule has 1 heterocycles. The third-order valence-electron chi connectivity index (χ3n) is 3.02. The van der Waals surface area contributed by atoms with Crippen LogP contribution in [-0.2, 0) is 0 Å². The summed E-state index contributed by atoms with van der Waals surface area (Å²) in [5, 5.41) is 9.02. The van der Waals surface area contributed by atoms with Gasteiger partial charge in [0.25, 0.3) is 0 Å². The van der Waals surface area contributed by atoms with E-state index in [1.54, 1.807) is 0 Å². The fourth-order valence-electron chi connectivity index (χ4n) is 1.89. The molecule has 0 bridgehead atoms. The van der Waals surface area contributed by atoms with E-state index in [0.29, 0.717) is 12.6 Å². The first-order valence-corrected chi connectivity index (χ1v) is 4.18. The number of aliphatic hydroxyl groups excluding tert-OH is 1. The summed E-state index contributed by atoms with van der Waals surface area (Å²) in [5.41, 5.74) is 0. The molecule has 1 aliphatic rings. The maximum atomic E-state index is 9.02. The molecule has 0 radical (unpaired) electrons. The van der Waals surface area contributed by atoms with E-state index < -0.39 is 0 Å². The molecule has 0 aromatic heterocycles. The lowest BCUT2D eigenvalue weighted by atomic mass is 10.2. The molecule has 0 aromatic carbocycles. The summed E-state index contributed by atoms with van der Waals surface area (Å²) in [7, 11) is 2.24. The Hall–Kier alpha value is -0.0800. The molecule has 2 nitrogen and oxygen atoms in total. The van der Waals surface area contributed by atoms with E-state index in [1.807, 2.05) is 0 Å². The molecule has 1 unspecified atom stereocenters. The maximum absolute atomic E-state index is 9.02. The molecule has 1 aliphatic heterocycles. The molecule has 1 saturated heterocycles. The largest absolute Gasteiger partial charge is 0.390 e. The highest BCUT2D eigenvalue weighted by Gasteiger charge is 2.35. The fourth-order valence-corrected chi connectivity index (χ4v) is 1.89. The molecule has 0 aromatic rings. The van der Waals surface area contributed by atoms with Crippen molar-refractivity contribution in [1.29, 1.82) is 0 Å². The summed E-state index contributed by atoms with van der Waals surface area (Å²) in [4.78, 5) is 0. The summed E-state index contributed by atoms with van der Waals surface area (Å²) in [6, 6.07) is 0.519. The average molecular weight is 144 g/mol. The quantitative estimate of drug-likeness (QED) is 0.563. The van der Waals surface area contributed by atoms with Gasteiger partial charge in [-0.3, -0.25) is 0 Å². The van der Waals surface area contributed by atoms with Crippen molar-refractivity contribution < 1.29 is 9.59 Å². The van der Waals surface area contributed by atoms with Crippen molar-refractivity contribution in [3.63, 3.8) is 0 Å². The van der Waals surface area contributed by atoms with Crippen LogP contribution in [0.4, 0.5) is 0 Å². The van der Waals surface area contributed by atoms with Gasteiger partial charge in [0.2, 0.25) is 0 Å². The zero-order chi connectivity index (χ0) is 7.61. The fraction of sp³-hybridized carbons (Fsp3) is 1.00. The van der Waals surface area contributed by atoms with Crippen molar-refractivity contribution in [3.05, 3.63) is 0 Å². The molecule has 0 aliphatic carbocycles. The Kier molecular flexibility index (Phi) is 2.32. The molecule has 10 heavy (non-hydrogen) atoms. The molecule has 0 spiro atoms. The van der Waals surface area contributed by atoms with Crippen LogP contribution >= 0.6 is 0 Å². The monoisotopic (exact) mass is 144 g/mol. The SMILES string of the molecule is CC[N+]1(C)CCC[C@@H]1CO. The lowest BCUT2D eigenvalue weighted by molar-refractivity contribution is -0.919. The van der Waals surface area contributed by atoms with Gasteiger partial charge in [0.05, 0.1) is 26.7 Å². The lowest BCUT2D eigenvalue weighted by Crippen LogP contribution is -2.49. The van der Waals surface area contributed by atoms with Crippen molar-refractivity contribution in [1.82, 2.24) is 0 Å². The van der Waals surface area contributed by atoms with Crippen molar-refractivity contribution in [2.24, 2.45) is 0 Å². The minimum absolute atomic E-state index is 0.365. The van der Waals surface area contributed by atoms with E-state index in [2.05, 4.69) is 14.0 Å². The molecule has 0 amide bonds. The molecular weight excluding hydrogens is 126 g/mol. The van der Waals surface area contributed by atoms with E-state index in [-0.39, 0.29) is 0 Å². The highest BCUT2D eigenvalue weighted by Crippen LogP contribution is 2.23. The van der Waals surface area contributed by atoms with E-state index in [1.165, 1.54) is 19.4 Å². The number of hydrogen-bond donors (Lipinski definition) is 1. The van der Waals surface area contributed by atoms with Crippen molar-refractivity contribution in [3.8, 4) is 0 Å². The van der Waals surface area contributed by atoms with Crippen LogP contribution in [0, 0.1) is 0 Å². The van der Waals surface area contributed by atoms with Crippen molar-refractivity contribution >= 4 is 0 Å².